The van der Waals surface area contributed by atoms with Gasteiger partial charge in [0.15, 0.2) is 0 Å². The van der Waals surface area contributed by atoms with Gasteiger partial charge in [-0.2, -0.15) is 0 Å². The third-order valence-electron chi connectivity index (χ3n) is 2.53. The minimum atomic E-state index is -0.718. The summed E-state index contributed by atoms with van der Waals surface area (Å²) in [6, 6.07) is 4.13. The lowest BCUT2D eigenvalue weighted by molar-refractivity contribution is -0.146. The van der Waals surface area contributed by atoms with Crippen LogP contribution in [-0.4, -0.2) is 29.4 Å². The normalized spacial score (nSPS) is 13.7. The van der Waals surface area contributed by atoms with Gasteiger partial charge in [0.1, 0.15) is 11.8 Å². The van der Waals surface area contributed by atoms with E-state index in [1.165, 1.54) is 6.92 Å². The van der Waals surface area contributed by atoms with Gasteiger partial charge in [-0.1, -0.05) is 6.07 Å². The Bertz CT molecular complexity index is 406. The number of ketones is 1. The van der Waals surface area contributed by atoms with Crippen molar-refractivity contribution in [3.8, 4) is 0 Å². The molecule has 0 saturated carbocycles. The lowest BCUT2D eigenvalue weighted by atomic mass is 10.1. The zero-order valence-electron chi connectivity index (χ0n) is 10.8. The highest BCUT2D eigenvalue weighted by Gasteiger charge is 2.25. The van der Waals surface area contributed by atoms with Crippen LogP contribution in [0.2, 0.25) is 0 Å². The largest absolute Gasteiger partial charge is 0.465 e. The van der Waals surface area contributed by atoms with Gasteiger partial charge in [-0.15, -0.1) is 0 Å². The smallest absolute Gasteiger partial charge is 0.329 e. The number of hydrogen-bond donors (Lipinski definition) is 1. The summed E-state index contributed by atoms with van der Waals surface area (Å²) in [5.41, 5.74) is 0.545. The van der Waals surface area contributed by atoms with Gasteiger partial charge in [-0.25, -0.2) is 4.79 Å². The van der Waals surface area contributed by atoms with Crippen molar-refractivity contribution >= 4 is 11.8 Å². The maximum Gasteiger partial charge on any atom is 0.329 e. The molecule has 1 rings (SSSR count). The van der Waals surface area contributed by atoms with Gasteiger partial charge in [0.05, 0.1) is 18.3 Å². The summed E-state index contributed by atoms with van der Waals surface area (Å²) >= 11 is 0. The van der Waals surface area contributed by atoms with Crippen LogP contribution in [0.15, 0.2) is 24.4 Å². The number of nitrogens with one attached hydrogen (secondary N) is 1. The SMILES string of the molecule is CCOC(=O)C(NC(C)C(C)=O)c1ccccn1. The summed E-state index contributed by atoms with van der Waals surface area (Å²) in [6.45, 7) is 5.20. The first-order chi connectivity index (χ1) is 8.56. The predicted octanol–water partition coefficient (Wildman–Crippen LogP) is 1.25. The molecule has 5 heteroatoms. The number of pyridine rings is 1. The molecule has 0 aliphatic rings. The van der Waals surface area contributed by atoms with E-state index in [1.54, 1.807) is 38.2 Å². The number of carbonyl (C=O) groups is 2. The van der Waals surface area contributed by atoms with E-state index in [1.807, 2.05) is 0 Å². The molecule has 1 aromatic heterocycles. The van der Waals surface area contributed by atoms with Crippen LogP contribution < -0.4 is 5.32 Å². The minimum Gasteiger partial charge on any atom is -0.465 e. The molecule has 0 saturated heterocycles. The second-order valence-corrected chi connectivity index (χ2v) is 3.94. The molecule has 0 radical (unpaired) electrons. The van der Waals surface area contributed by atoms with Gasteiger partial charge in [0.25, 0.3) is 0 Å². The van der Waals surface area contributed by atoms with E-state index < -0.39 is 18.1 Å². The maximum atomic E-state index is 11.9. The Balaban J connectivity index is 2.89. The maximum absolute atomic E-state index is 11.9. The van der Waals surface area contributed by atoms with Crippen LogP contribution in [0.3, 0.4) is 0 Å². The molecule has 1 aromatic rings. The van der Waals surface area contributed by atoms with E-state index in [0.29, 0.717) is 5.69 Å². The zero-order valence-corrected chi connectivity index (χ0v) is 10.8. The van der Waals surface area contributed by atoms with E-state index in [-0.39, 0.29) is 12.4 Å². The molecule has 0 aliphatic heterocycles. The monoisotopic (exact) mass is 250 g/mol. The quantitative estimate of drug-likeness (QED) is 0.770. The number of carbonyl (C=O) groups excluding carboxylic acids is 2. The Hall–Kier alpha value is -1.75. The van der Waals surface area contributed by atoms with Crippen LogP contribution in [0.5, 0.6) is 0 Å². The van der Waals surface area contributed by atoms with E-state index in [9.17, 15) is 9.59 Å². The third kappa shape index (κ3) is 3.92. The van der Waals surface area contributed by atoms with Crippen molar-refractivity contribution in [2.24, 2.45) is 0 Å². The van der Waals surface area contributed by atoms with Gasteiger partial charge < -0.3 is 4.74 Å². The molecule has 98 valence electrons. The Labute approximate surface area is 107 Å². The fourth-order valence-electron chi connectivity index (χ4n) is 1.41. The summed E-state index contributed by atoms with van der Waals surface area (Å²) < 4.78 is 4.99. The number of aromatic nitrogens is 1. The number of nitrogens with zero attached hydrogens (tertiary/aromatic N) is 1. The molecule has 0 bridgehead atoms. The van der Waals surface area contributed by atoms with Crippen LogP contribution in [0.4, 0.5) is 0 Å². The van der Waals surface area contributed by atoms with Crippen molar-refractivity contribution in [2.75, 3.05) is 6.61 Å². The summed E-state index contributed by atoms with van der Waals surface area (Å²) in [5, 5.41) is 2.93. The topological polar surface area (TPSA) is 68.3 Å². The summed E-state index contributed by atoms with van der Waals surface area (Å²) in [5.74, 6) is -0.468. The minimum absolute atomic E-state index is 0.0415. The van der Waals surface area contributed by atoms with E-state index in [0.717, 1.165) is 0 Å². The average molecular weight is 250 g/mol. The van der Waals surface area contributed by atoms with Crippen LogP contribution in [0.1, 0.15) is 32.5 Å². The molecule has 2 unspecified atom stereocenters. The number of esters is 1. The van der Waals surface area contributed by atoms with Gasteiger partial charge >= 0.3 is 5.97 Å². The third-order valence-corrected chi connectivity index (χ3v) is 2.53. The van der Waals surface area contributed by atoms with Crippen LogP contribution in [0, 0.1) is 0 Å². The van der Waals surface area contributed by atoms with Crippen molar-refractivity contribution in [2.45, 2.75) is 32.9 Å². The fourth-order valence-corrected chi connectivity index (χ4v) is 1.41. The molecule has 1 N–H and O–H groups in total. The molecular weight excluding hydrogens is 232 g/mol. The van der Waals surface area contributed by atoms with Crippen molar-refractivity contribution in [3.05, 3.63) is 30.1 Å². The molecule has 0 amide bonds. The lowest BCUT2D eigenvalue weighted by Gasteiger charge is -2.19. The molecule has 2 atom stereocenters. The van der Waals surface area contributed by atoms with Gasteiger partial charge in [-0.3, -0.25) is 15.1 Å². The van der Waals surface area contributed by atoms with Crippen LogP contribution >= 0.6 is 0 Å². The highest BCUT2D eigenvalue weighted by Crippen LogP contribution is 2.12. The molecule has 0 aromatic carbocycles. The van der Waals surface area contributed by atoms with Crippen molar-refractivity contribution in [3.63, 3.8) is 0 Å². The lowest BCUT2D eigenvalue weighted by Crippen LogP contribution is -2.40. The van der Waals surface area contributed by atoms with Crippen molar-refractivity contribution < 1.29 is 14.3 Å². The summed E-state index contributed by atoms with van der Waals surface area (Å²) in [7, 11) is 0. The number of ether oxygens (including phenoxy) is 1. The summed E-state index contributed by atoms with van der Waals surface area (Å²) in [6.07, 6.45) is 1.60. The number of Topliss-reactive ketones (excluding diaryl/α,β-unsaturated/α-hetero) is 1. The van der Waals surface area contributed by atoms with E-state index in [2.05, 4.69) is 10.3 Å². The number of hydrogen-bond acceptors (Lipinski definition) is 5. The zero-order chi connectivity index (χ0) is 13.5. The Kier molecular flexibility index (Phi) is 5.45. The molecule has 5 nitrogen and oxygen atoms in total. The van der Waals surface area contributed by atoms with Crippen LogP contribution in [0.25, 0.3) is 0 Å². The Morgan fingerprint density at radius 2 is 2.17 bits per heavy atom. The number of rotatable bonds is 6. The van der Waals surface area contributed by atoms with E-state index >= 15 is 0 Å². The Morgan fingerprint density at radius 3 is 2.67 bits per heavy atom. The molecule has 1 heterocycles. The first-order valence-electron chi connectivity index (χ1n) is 5.90. The molecule has 0 aliphatic carbocycles. The van der Waals surface area contributed by atoms with Crippen molar-refractivity contribution in [1.82, 2.24) is 10.3 Å². The first-order valence-corrected chi connectivity index (χ1v) is 5.90. The average Bonchev–Trinajstić information content (AvgIpc) is 2.36. The fraction of sp³-hybridized carbons (Fsp3) is 0.462. The molecule has 18 heavy (non-hydrogen) atoms. The Morgan fingerprint density at radius 1 is 1.44 bits per heavy atom. The second kappa shape index (κ2) is 6.86. The van der Waals surface area contributed by atoms with Gasteiger partial charge in [0.2, 0.25) is 0 Å². The van der Waals surface area contributed by atoms with E-state index in [4.69, 9.17) is 4.74 Å². The summed E-state index contributed by atoms with van der Waals surface area (Å²) in [4.78, 5) is 27.2. The second-order valence-electron chi connectivity index (χ2n) is 3.94. The van der Waals surface area contributed by atoms with Crippen molar-refractivity contribution in [1.29, 1.82) is 0 Å². The first kappa shape index (κ1) is 14.3. The molecule has 0 fully saturated rings. The highest BCUT2D eigenvalue weighted by molar-refractivity contribution is 5.83. The van der Waals surface area contributed by atoms with Crippen LogP contribution in [-0.2, 0) is 14.3 Å². The molecule has 0 spiro atoms. The highest BCUT2D eigenvalue weighted by atomic mass is 16.5. The standard InChI is InChI=1S/C13H18N2O3/c1-4-18-13(17)12(15-9(2)10(3)16)11-7-5-6-8-14-11/h5-9,12,15H,4H2,1-3H3. The van der Waals surface area contributed by atoms with Gasteiger partial charge in [0, 0.05) is 6.20 Å². The predicted molar refractivity (Wildman–Crippen MR) is 66.9 cm³/mol. The molecular formula is C13H18N2O3. The van der Waals surface area contributed by atoms with Gasteiger partial charge in [-0.05, 0) is 32.9 Å².